The van der Waals surface area contributed by atoms with Gasteiger partial charge in [0.1, 0.15) is 11.5 Å². The Morgan fingerprint density at radius 3 is 2.21 bits per heavy atom. The van der Waals surface area contributed by atoms with E-state index in [9.17, 15) is 0 Å². The molecule has 1 heterocycles. The van der Waals surface area contributed by atoms with Crippen LogP contribution in [-0.2, 0) is 5.41 Å². The summed E-state index contributed by atoms with van der Waals surface area (Å²) in [5.41, 5.74) is 2.46. The standard InChI is InChI=1S/C21H20OP2/c1-21(2)15-10-6-12-17(23)19(15)22-20-16(21)11-7-13-18(20)24-14-8-4-3-5-9-14/h3-13,24H,23H2,1-2H3. The van der Waals surface area contributed by atoms with Gasteiger partial charge in [-0.1, -0.05) is 89.2 Å². The van der Waals surface area contributed by atoms with Crippen molar-refractivity contribution in [2.45, 2.75) is 19.3 Å². The predicted molar refractivity (Wildman–Crippen MR) is 108 cm³/mol. The van der Waals surface area contributed by atoms with E-state index in [0.29, 0.717) is 8.58 Å². The Bertz CT molecular complexity index is 901. The maximum absolute atomic E-state index is 6.43. The van der Waals surface area contributed by atoms with Crippen molar-refractivity contribution in [1.29, 1.82) is 0 Å². The average molecular weight is 350 g/mol. The van der Waals surface area contributed by atoms with Crippen LogP contribution in [0.25, 0.3) is 0 Å². The third-order valence-corrected chi connectivity index (χ3v) is 6.40. The first kappa shape index (κ1) is 15.8. The monoisotopic (exact) mass is 350 g/mol. The van der Waals surface area contributed by atoms with Crippen LogP contribution in [0.5, 0.6) is 11.5 Å². The van der Waals surface area contributed by atoms with Gasteiger partial charge in [-0.2, -0.15) is 0 Å². The van der Waals surface area contributed by atoms with E-state index in [1.165, 1.54) is 21.7 Å². The molecule has 2 atom stereocenters. The molecule has 24 heavy (non-hydrogen) atoms. The number of ether oxygens (including phenoxy) is 1. The van der Waals surface area contributed by atoms with Crippen molar-refractivity contribution in [1.82, 2.24) is 0 Å². The van der Waals surface area contributed by atoms with Crippen LogP contribution in [0.1, 0.15) is 25.0 Å². The maximum Gasteiger partial charge on any atom is 0.139 e. The van der Waals surface area contributed by atoms with Gasteiger partial charge in [-0.3, -0.25) is 0 Å². The predicted octanol–water partition coefficient (Wildman–Crippen LogP) is 4.25. The molecule has 1 aliphatic heterocycles. The summed E-state index contributed by atoms with van der Waals surface area (Å²) in [7, 11) is 3.40. The molecule has 0 amide bonds. The lowest BCUT2D eigenvalue weighted by atomic mass is 9.76. The number of hydrogen-bond acceptors (Lipinski definition) is 1. The van der Waals surface area contributed by atoms with Crippen molar-refractivity contribution >= 4 is 33.7 Å². The molecule has 0 spiro atoms. The molecule has 0 bridgehead atoms. The summed E-state index contributed by atoms with van der Waals surface area (Å²) in [6.07, 6.45) is 0. The number of benzene rings is 3. The lowest BCUT2D eigenvalue weighted by molar-refractivity contribution is 0.425. The molecule has 0 saturated carbocycles. The van der Waals surface area contributed by atoms with Crippen molar-refractivity contribution in [3.63, 3.8) is 0 Å². The highest BCUT2D eigenvalue weighted by Gasteiger charge is 2.35. The minimum atomic E-state index is -0.0628. The lowest BCUT2D eigenvalue weighted by Crippen LogP contribution is -2.28. The highest BCUT2D eigenvalue weighted by Crippen LogP contribution is 2.47. The zero-order chi connectivity index (χ0) is 16.7. The molecule has 2 unspecified atom stereocenters. The second kappa shape index (κ2) is 5.99. The van der Waals surface area contributed by atoms with Gasteiger partial charge >= 0.3 is 0 Å². The Morgan fingerprint density at radius 1 is 0.792 bits per heavy atom. The van der Waals surface area contributed by atoms with E-state index in [-0.39, 0.29) is 5.41 Å². The molecule has 0 fully saturated rings. The quantitative estimate of drug-likeness (QED) is 0.628. The maximum atomic E-state index is 6.43. The van der Waals surface area contributed by atoms with Crippen LogP contribution >= 0.6 is 17.8 Å². The van der Waals surface area contributed by atoms with Gasteiger partial charge in [-0.15, -0.1) is 9.24 Å². The molecule has 120 valence electrons. The summed E-state index contributed by atoms with van der Waals surface area (Å²) in [5, 5.41) is 3.71. The SMILES string of the molecule is CC1(C)c2cccc(P)c2Oc2c(Pc3ccccc3)cccc21. The Balaban J connectivity index is 1.85. The number of rotatable bonds is 2. The van der Waals surface area contributed by atoms with E-state index in [2.05, 4.69) is 89.8 Å². The van der Waals surface area contributed by atoms with Gasteiger partial charge in [0, 0.05) is 27.2 Å². The number of fused-ring (bicyclic) bond motifs is 2. The first-order valence-corrected chi connectivity index (χ1v) is 9.67. The van der Waals surface area contributed by atoms with Gasteiger partial charge in [0.05, 0.1) is 0 Å². The van der Waals surface area contributed by atoms with Crippen molar-refractivity contribution in [2.24, 2.45) is 0 Å². The van der Waals surface area contributed by atoms with Crippen LogP contribution in [0, 0.1) is 0 Å². The van der Waals surface area contributed by atoms with E-state index in [4.69, 9.17) is 4.74 Å². The fraction of sp³-hybridized carbons (Fsp3) is 0.143. The van der Waals surface area contributed by atoms with Crippen LogP contribution in [0.3, 0.4) is 0 Å². The Labute approximate surface area is 147 Å². The largest absolute Gasteiger partial charge is 0.455 e. The Hall–Kier alpha value is -1.68. The summed E-state index contributed by atoms with van der Waals surface area (Å²) in [5.74, 6) is 2.03. The highest BCUT2D eigenvalue weighted by molar-refractivity contribution is 7.55. The molecule has 3 aromatic carbocycles. The van der Waals surface area contributed by atoms with Gasteiger partial charge in [0.25, 0.3) is 0 Å². The first-order valence-electron chi connectivity index (χ1n) is 8.10. The van der Waals surface area contributed by atoms with Crippen molar-refractivity contribution in [3.8, 4) is 11.5 Å². The van der Waals surface area contributed by atoms with Gasteiger partial charge in [-0.05, 0) is 5.30 Å². The van der Waals surface area contributed by atoms with Gasteiger partial charge < -0.3 is 4.74 Å². The number of hydrogen-bond donors (Lipinski definition) is 0. The molecule has 0 aliphatic carbocycles. The van der Waals surface area contributed by atoms with Crippen LogP contribution in [0.4, 0.5) is 0 Å². The summed E-state index contributed by atoms with van der Waals surface area (Å²) >= 11 is 0. The molecule has 4 rings (SSSR count). The number of para-hydroxylation sites is 2. The van der Waals surface area contributed by atoms with Crippen molar-refractivity contribution < 1.29 is 4.74 Å². The Morgan fingerprint density at radius 2 is 1.46 bits per heavy atom. The van der Waals surface area contributed by atoms with Crippen LogP contribution in [0.15, 0.2) is 66.7 Å². The highest BCUT2D eigenvalue weighted by atomic mass is 31.1. The fourth-order valence-electron chi connectivity index (χ4n) is 3.32. The van der Waals surface area contributed by atoms with E-state index in [1.807, 2.05) is 0 Å². The minimum Gasteiger partial charge on any atom is -0.455 e. The van der Waals surface area contributed by atoms with Crippen molar-refractivity contribution in [3.05, 3.63) is 77.9 Å². The summed E-state index contributed by atoms with van der Waals surface area (Å²) in [6, 6.07) is 23.5. The molecule has 0 N–H and O–H groups in total. The second-order valence-electron chi connectivity index (χ2n) is 6.62. The normalized spacial score (nSPS) is 15.0. The zero-order valence-electron chi connectivity index (χ0n) is 13.8. The van der Waals surface area contributed by atoms with E-state index in [1.54, 1.807) is 0 Å². The molecule has 0 aromatic heterocycles. The van der Waals surface area contributed by atoms with Crippen molar-refractivity contribution in [2.75, 3.05) is 0 Å². The topological polar surface area (TPSA) is 9.23 Å². The summed E-state index contributed by atoms with van der Waals surface area (Å²) < 4.78 is 6.43. The van der Waals surface area contributed by atoms with Crippen LogP contribution < -0.4 is 20.7 Å². The fourth-order valence-corrected chi connectivity index (χ4v) is 4.80. The second-order valence-corrected chi connectivity index (χ2v) is 8.61. The third kappa shape index (κ3) is 2.57. The van der Waals surface area contributed by atoms with Gasteiger partial charge in [-0.25, -0.2) is 0 Å². The average Bonchev–Trinajstić information content (AvgIpc) is 2.58. The molecule has 3 aromatic rings. The summed E-state index contributed by atoms with van der Waals surface area (Å²) in [6.45, 7) is 4.57. The van der Waals surface area contributed by atoms with Gasteiger partial charge in [0.2, 0.25) is 0 Å². The minimum absolute atomic E-state index is 0.0628. The molecule has 1 nitrogen and oxygen atoms in total. The zero-order valence-corrected chi connectivity index (χ0v) is 16.0. The van der Waals surface area contributed by atoms with E-state index >= 15 is 0 Å². The Kier molecular flexibility index (Phi) is 3.95. The van der Waals surface area contributed by atoms with Gasteiger partial charge in [0.15, 0.2) is 0 Å². The third-order valence-electron chi connectivity index (χ3n) is 4.66. The van der Waals surface area contributed by atoms with E-state index < -0.39 is 0 Å². The first-order chi connectivity index (χ1) is 11.6. The molecule has 0 radical (unpaired) electrons. The van der Waals surface area contributed by atoms with Crippen LogP contribution in [0.2, 0.25) is 0 Å². The lowest BCUT2D eigenvalue weighted by Gasteiger charge is -2.36. The molecule has 0 saturated heterocycles. The molecule has 1 aliphatic rings. The molecule has 3 heteroatoms. The van der Waals surface area contributed by atoms with E-state index in [0.717, 1.165) is 16.8 Å². The van der Waals surface area contributed by atoms with Crippen LogP contribution in [-0.4, -0.2) is 0 Å². The molecular weight excluding hydrogens is 330 g/mol. The molecular formula is C21H20OP2. The smallest absolute Gasteiger partial charge is 0.139 e. The summed E-state index contributed by atoms with van der Waals surface area (Å²) in [4.78, 5) is 0.